The predicted molar refractivity (Wildman–Crippen MR) is 61.8 cm³/mol. The summed E-state index contributed by atoms with van der Waals surface area (Å²) in [7, 11) is 0. The summed E-state index contributed by atoms with van der Waals surface area (Å²) in [5, 5.41) is 12.5. The molecule has 0 aromatic heterocycles. The molecule has 0 heterocycles. The van der Waals surface area contributed by atoms with Crippen molar-refractivity contribution >= 4 is 29.5 Å². The number of anilines is 1. The zero-order chi connectivity index (χ0) is 12.1. The number of rotatable bonds is 4. The third-order valence-corrected chi connectivity index (χ3v) is 2.40. The van der Waals surface area contributed by atoms with E-state index in [9.17, 15) is 14.7 Å². The minimum atomic E-state index is -0.301. The minimum absolute atomic E-state index is 0.0551. The fourth-order valence-corrected chi connectivity index (χ4v) is 1.63. The Morgan fingerprint density at radius 3 is 2.81 bits per heavy atom. The molecule has 4 nitrogen and oxygen atoms in total. The summed E-state index contributed by atoms with van der Waals surface area (Å²) >= 11 is 5.94. The second kappa shape index (κ2) is 5.51. The van der Waals surface area contributed by atoms with Crippen LogP contribution in [0.25, 0.3) is 0 Å². The van der Waals surface area contributed by atoms with Gasteiger partial charge in [-0.2, -0.15) is 0 Å². The molecule has 0 radical (unpaired) electrons. The van der Waals surface area contributed by atoms with Crippen LogP contribution in [-0.4, -0.2) is 17.3 Å². The molecule has 0 aliphatic rings. The number of benzene rings is 1. The Morgan fingerprint density at radius 2 is 2.25 bits per heavy atom. The first-order chi connectivity index (χ1) is 7.56. The van der Waals surface area contributed by atoms with Gasteiger partial charge in [-0.1, -0.05) is 11.6 Å². The highest BCUT2D eigenvalue weighted by Gasteiger charge is 2.12. The van der Waals surface area contributed by atoms with Crippen molar-refractivity contribution in [3.05, 3.63) is 22.7 Å². The van der Waals surface area contributed by atoms with Gasteiger partial charge in [0.1, 0.15) is 12.0 Å². The van der Waals surface area contributed by atoms with Gasteiger partial charge in [-0.25, -0.2) is 0 Å². The van der Waals surface area contributed by atoms with Crippen molar-refractivity contribution in [2.24, 2.45) is 0 Å². The van der Waals surface area contributed by atoms with E-state index in [0.29, 0.717) is 17.0 Å². The molecule has 0 aliphatic heterocycles. The van der Waals surface area contributed by atoms with E-state index in [-0.39, 0.29) is 23.8 Å². The van der Waals surface area contributed by atoms with Gasteiger partial charge in [0.15, 0.2) is 0 Å². The third-order valence-electron chi connectivity index (χ3n) is 2.05. The summed E-state index contributed by atoms with van der Waals surface area (Å²) in [6, 6.07) is 2.93. The van der Waals surface area contributed by atoms with Crippen molar-refractivity contribution < 1.29 is 14.7 Å². The van der Waals surface area contributed by atoms with Crippen molar-refractivity contribution in [2.75, 3.05) is 5.32 Å². The molecule has 16 heavy (non-hydrogen) atoms. The fourth-order valence-electron chi connectivity index (χ4n) is 1.37. The SMILES string of the molecule is CC(=O)Nc1c(O)ccc(Cl)c1CCC=O. The molecule has 86 valence electrons. The van der Waals surface area contributed by atoms with Crippen molar-refractivity contribution in [3.8, 4) is 5.75 Å². The van der Waals surface area contributed by atoms with Gasteiger partial charge in [0.25, 0.3) is 0 Å². The van der Waals surface area contributed by atoms with Crippen LogP contribution in [0, 0.1) is 0 Å². The molecular formula is C11H12ClNO3. The first-order valence-corrected chi connectivity index (χ1v) is 5.15. The van der Waals surface area contributed by atoms with Crippen LogP contribution in [0.5, 0.6) is 5.75 Å². The number of amides is 1. The standard InChI is InChI=1S/C11H12ClNO3/c1-7(15)13-11-8(3-2-6-14)9(12)4-5-10(11)16/h4-6,16H,2-3H2,1H3,(H,13,15). The quantitative estimate of drug-likeness (QED) is 0.627. The number of aldehydes is 1. The number of phenolic OH excluding ortho intramolecular Hbond substituents is 1. The molecule has 1 aromatic rings. The van der Waals surface area contributed by atoms with E-state index in [1.807, 2.05) is 0 Å². The van der Waals surface area contributed by atoms with E-state index in [0.717, 1.165) is 6.29 Å². The van der Waals surface area contributed by atoms with Crippen molar-refractivity contribution in [3.63, 3.8) is 0 Å². The van der Waals surface area contributed by atoms with Crippen LogP contribution in [0.4, 0.5) is 5.69 Å². The number of carbonyl (C=O) groups is 2. The molecule has 0 saturated carbocycles. The Hall–Kier alpha value is -1.55. The largest absolute Gasteiger partial charge is 0.506 e. The van der Waals surface area contributed by atoms with Gasteiger partial charge >= 0.3 is 0 Å². The van der Waals surface area contributed by atoms with Crippen LogP contribution < -0.4 is 5.32 Å². The maximum atomic E-state index is 11.0. The molecule has 0 saturated heterocycles. The molecule has 5 heteroatoms. The first kappa shape index (κ1) is 12.5. The van der Waals surface area contributed by atoms with Crippen LogP contribution in [0.15, 0.2) is 12.1 Å². The number of carbonyl (C=O) groups excluding carboxylic acids is 2. The number of nitrogens with one attached hydrogen (secondary N) is 1. The Morgan fingerprint density at radius 1 is 1.56 bits per heavy atom. The fraction of sp³-hybridized carbons (Fsp3) is 0.273. The lowest BCUT2D eigenvalue weighted by Crippen LogP contribution is -2.09. The maximum Gasteiger partial charge on any atom is 0.221 e. The summed E-state index contributed by atoms with van der Waals surface area (Å²) in [5.74, 6) is -0.356. The zero-order valence-corrected chi connectivity index (χ0v) is 9.54. The lowest BCUT2D eigenvalue weighted by Gasteiger charge is -2.12. The van der Waals surface area contributed by atoms with Crippen LogP contribution in [-0.2, 0) is 16.0 Å². The number of hydrogen-bond donors (Lipinski definition) is 2. The molecule has 2 N–H and O–H groups in total. The summed E-state index contributed by atoms with van der Waals surface area (Å²) in [6.45, 7) is 1.34. The van der Waals surface area contributed by atoms with E-state index in [2.05, 4.69) is 5.32 Å². The van der Waals surface area contributed by atoms with Crippen molar-refractivity contribution in [2.45, 2.75) is 19.8 Å². The molecule has 0 atom stereocenters. The van der Waals surface area contributed by atoms with E-state index < -0.39 is 0 Å². The highest BCUT2D eigenvalue weighted by Crippen LogP contribution is 2.33. The Kier molecular flexibility index (Phi) is 4.31. The van der Waals surface area contributed by atoms with Gasteiger partial charge < -0.3 is 15.2 Å². The zero-order valence-electron chi connectivity index (χ0n) is 8.79. The molecule has 0 spiro atoms. The lowest BCUT2D eigenvalue weighted by molar-refractivity contribution is -0.114. The van der Waals surface area contributed by atoms with E-state index in [1.165, 1.54) is 19.1 Å². The number of halogens is 1. The van der Waals surface area contributed by atoms with Gasteiger partial charge in [0.05, 0.1) is 5.69 Å². The highest BCUT2D eigenvalue weighted by molar-refractivity contribution is 6.32. The molecule has 1 aromatic carbocycles. The highest BCUT2D eigenvalue weighted by atomic mass is 35.5. The summed E-state index contributed by atoms with van der Waals surface area (Å²) in [4.78, 5) is 21.3. The Bertz CT molecular complexity index is 418. The average molecular weight is 242 g/mol. The van der Waals surface area contributed by atoms with Gasteiger partial charge in [-0.15, -0.1) is 0 Å². The molecular weight excluding hydrogens is 230 g/mol. The summed E-state index contributed by atoms with van der Waals surface area (Å²) < 4.78 is 0. The molecule has 0 aliphatic carbocycles. The topological polar surface area (TPSA) is 66.4 Å². The van der Waals surface area contributed by atoms with Crippen LogP contribution in [0.2, 0.25) is 5.02 Å². The van der Waals surface area contributed by atoms with Crippen LogP contribution >= 0.6 is 11.6 Å². The third kappa shape index (κ3) is 2.97. The van der Waals surface area contributed by atoms with Gasteiger partial charge in [0.2, 0.25) is 5.91 Å². The van der Waals surface area contributed by atoms with E-state index in [4.69, 9.17) is 11.6 Å². The molecule has 0 bridgehead atoms. The number of phenols is 1. The van der Waals surface area contributed by atoms with E-state index in [1.54, 1.807) is 0 Å². The summed E-state index contributed by atoms with van der Waals surface area (Å²) in [6.07, 6.45) is 1.43. The first-order valence-electron chi connectivity index (χ1n) is 4.77. The summed E-state index contributed by atoms with van der Waals surface area (Å²) in [5.41, 5.74) is 0.853. The second-order valence-electron chi connectivity index (χ2n) is 3.31. The normalized spacial score (nSPS) is 9.88. The predicted octanol–water partition coefficient (Wildman–Crippen LogP) is 2.14. The monoisotopic (exact) mass is 241 g/mol. The Labute approximate surface area is 98.2 Å². The van der Waals surface area contributed by atoms with Gasteiger partial charge in [-0.05, 0) is 24.1 Å². The van der Waals surface area contributed by atoms with E-state index >= 15 is 0 Å². The molecule has 0 fully saturated rings. The number of hydrogen-bond acceptors (Lipinski definition) is 3. The van der Waals surface area contributed by atoms with Crippen LogP contribution in [0.3, 0.4) is 0 Å². The molecule has 1 rings (SSSR count). The average Bonchev–Trinajstić information content (AvgIpc) is 2.22. The number of aromatic hydroxyl groups is 1. The molecule has 1 amide bonds. The van der Waals surface area contributed by atoms with Gasteiger partial charge in [-0.3, -0.25) is 4.79 Å². The van der Waals surface area contributed by atoms with Crippen molar-refractivity contribution in [1.29, 1.82) is 0 Å². The maximum absolute atomic E-state index is 11.0. The Balaban J connectivity index is 3.13. The minimum Gasteiger partial charge on any atom is -0.506 e. The smallest absolute Gasteiger partial charge is 0.221 e. The van der Waals surface area contributed by atoms with Crippen LogP contribution in [0.1, 0.15) is 18.9 Å². The van der Waals surface area contributed by atoms with Gasteiger partial charge in [0, 0.05) is 18.4 Å². The molecule has 0 unspecified atom stereocenters. The lowest BCUT2D eigenvalue weighted by atomic mass is 10.1. The second-order valence-corrected chi connectivity index (χ2v) is 3.71. The van der Waals surface area contributed by atoms with Crippen molar-refractivity contribution in [1.82, 2.24) is 0 Å².